The van der Waals surface area contributed by atoms with Crippen LogP contribution >= 0.6 is 22.6 Å². The topological polar surface area (TPSA) is 17.1 Å². The van der Waals surface area contributed by atoms with Crippen molar-refractivity contribution in [3.05, 3.63) is 27.3 Å². The number of halogens is 4. The molecule has 0 amide bonds. The molecule has 0 N–H and O–H groups in total. The van der Waals surface area contributed by atoms with E-state index in [4.69, 9.17) is 0 Å². The fourth-order valence-electron chi connectivity index (χ4n) is 0.910. The zero-order chi connectivity index (χ0) is 10.9. The van der Waals surface area contributed by atoms with Crippen LogP contribution in [0.4, 0.5) is 13.2 Å². The van der Waals surface area contributed by atoms with Crippen LogP contribution in [0.25, 0.3) is 0 Å². The molecule has 0 fully saturated rings. The van der Waals surface area contributed by atoms with Gasteiger partial charge in [0.1, 0.15) is 0 Å². The highest BCUT2D eigenvalue weighted by atomic mass is 127. The Morgan fingerprint density at radius 1 is 1.36 bits per heavy atom. The van der Waals surface area contributed by atoms with E-state index in [2.05, 4.69) is 0 Å². The molecule has 1 aromatic carbocycles. The van der Waals surface area contributed by atoms with Crippen molar-refractivity contribution >= 4 is 33.4 Å². The second-order valence-corrected chi connectivity index (χ2v) is 5.11. The lowest BCUT2D eigenvalue weighted by Gasteiger charge is -2.08. The van der Waals surface area contributed by atoms with E-state index in [1.54, 1.807) is 22.6 Å². The molecular weight excluding hydrogens is 328 g/mol. The van der Waals surface area contributed by atoms with E-state index in [0.29, 0.717) is 8.47 Å². The maximum absolute atomic E-state index is 12.2. The fourth-order valence-corrected chi connectivity index (χ4v) is 2.95. The zero-order valence-corrected chi connectivity index (χ0v) is 10.0. The smallest absolute Gasteiger partial charge is 0.255 e. The van der Waals surface area contributed by atoms with E-state index >= 15 is 0 Å². The van der Waals surface area contributed by atoms with E-state index in [1.165, 1.54) is 12.3 Å². The highest BCUT2D eigenvalue weighted by Crippen LogP contribution is 2.31. The molecule has 0 heterocycles. The van der Waals surface area contributed by atoms with Gasteiger partial charge in [0, 0.05) is 9.83 Å². The van der Waals surface area contributed by atoms with Crippen LogP contribution in [0.3, 0.4) is 0 Å². The van der Waals surface area contributed by atoms with E-state index < -0.39 is 22.5 Å². The SMILES string of the molecule is CS(=O)c1ccc(C(F)(F)F)cc1I. The van der Waals surface area contributed by atoms with E-state index in [-0.39, 0.29) is 0 Å². The molecule has 0 aromatic heterocycles. The van der Waals surface area contributed by atoms with Crippen molar-refractivity contribution in [3.63, 3.8) is 0 Å². The minimum absolute atomic E-state index is 0.373. The van der Waals surface area contributed by atoms with Crippen molar-refractivity contribution < 1.29 is 17.4 Å². The number of alkyl halides is 3. The molecule has 0 bridgehead atoms. The van der Waals surface area contributed by atoms with Crippen LogP contribution in [0.2, 0.25) is 0 Å². The molecular formula is C8H6F3IOS. The summed E-state index contributed by atoms with van der Waals surface area (Å²) in [5, 5.41) is 0. The molecule has 1 aromatic rings. The molecule has 0 saturated heterocycles. The second-order valence-electron chi connectivity index (χ2n) is 2.60. The van der Waals surface area contributed by atoms with Gasteiger partial charge in [-0.1, -0.05) is 0 Å². The molecule has 6 heteroatoms. The van der Waals surface area contributed by atoms with Crippen molar-refractivity contribution in [2.45, 2.75) is 11.1 Å². The van der Waals surface area contributed by atoms with Crippen molar-refractivity contribution in [2.24, 2.45) is 0 Å². The minimum atomic E-state index is -4.34. The highest BCUT2D eigenvalue weighted by Gasteiger charge is 2.30. The Bertz CT molecular complexity index is 375. The van der Waals surface area contributed by atoms with Gasteiger partial charge in [-0.3, -0.25) is 4.21 Å². The van der Waals surface area contributed by atoms with Gasteiger partial charge < -0.3 is 0 Å². The second kappa shape index (κ2) is 4.18. The summed E-state index contributed by atoms with van der Waals surface area (Å²) in [6.45, 7) is 0. The van der Waals surface area contributed by atoms with Gasteiger partial charge in [-0.05, 0) is 40.8 Å². The lowest BCUT2D eigenvalue weighted by atomic mass is 10.2. The predicted molar refractivity (Wildman–Crippen MR) is 56.5 cm³/mol. The van der Waals surface area contributed by atoms with Gasteiger partial charge in [-0.25, -0.2) is 0 Å². The summed E-state index contributed by atoms with van der Waals surface area (Å²) in [5.41, 5.74) is -0.712. The van der Waals surface area contributed by atoms with Crippen molar-refractivity contribution in [3.8, 4) is 0 Å². The number of hydrogen-bond donors (Lipinski definition) is 0. The molecule has 78 valence electrons. The van der Waals surface area contributed by atoms with Gasteiger partial charge >= 0.3 is 6.18 Å². The van der Waals surface area contributed by atoms with E-state index in [0.717, 1.165) is 12.1 Å². The average molecular weight is 334 g/mol. The number of rotatable bonds is 1. The predicted octanol–water partition coefficient (Wildman–Crippen LogP) is 3.05. The summed E-state index contributed by atoms with van der Waals surface area (Å²) >= 11 is 1.75. The zero-order valence-electron chi connectivity index (χ0n) is 7.06. The molecule has 0 aliphatic rings. The Morgan fingerprint density at radius 2 is 1.93 bits per heavy atom. The molecule has 1 nitrogen and oxygen atoms in total. The van der Waals surface area contributed by atoms with Crippen LogP contribution in [-0.4, -0.2) is 10.5 Å². The highest BCUT2D eigenvalue weighted by molar-refractivity contribution is 14.1. The molecule has 0 aliphatic carbocycles. The molecule has 1 rings (SSSR count). The Kier molecular flexibility index (Phi) is 3.57. The molecule has 0 saturated carbocycles. The van der Waals surface area contributed by atoms with Gasteiger partial charge in [0.05, 0.1) is 21.3 Å². The van der Waals surface area contributed by atoms with Crippen LogP contribution in [0.1, 0.15) is 5.56 Å². The summed E-state index contributed by atoms with van der Waals surface area (Å²) in [7, 11) is -1.25. The lowest BCUT2D eigenvalue weighted by molar-refractivity contribution is -0.137. The Hall–Kier alpha value is -0.110. The Morgan fingerprint density at radius 3 is 2.29 bits per heavy atom. The van der Waals surface area contributed by atoms with Crippen LogP contribution in [0.15, 0.2) is 23.1 Å². The first kappa shape index (κ1) is 12.0. The van der Waals surface area contributed by atoms with Gasteiger partial charge in [-0.2, -0.15) is 13.2 Å². The van der Waals surface area contributed by atoms with Crippen LogP contribution in [0, 0.1) is 3.57 Å². The summed E-state index contributed by atoms with van der Waals surface area (Å²) in [6, 6.07) is 3.19. The van der Waals surface area contributed by atoms with Gasteiger partial charge in [0.25, 0.3) is 0 Å². The third-order valence-corrected chi connectivity index (χ3v) is 3.80. The molecule has 0 spiro atoms. The van der Waals surface area contributed by atoms with Crippen LogP contribution in [0.5, 0.6) is 0 Å². The first-order valence-corrected chi connectivity index (χ1v) is 6.16. The third kappa shape index (κ3) is 2.69. The Labute approximate surface area is 95.3 Å². The van der Waals surface area contributed by atoms with Crippen molar-refractivity contribution in [1.82, 2.24) is 0 Å². The maximum Gasteiger partial charge on any atom is 0.416 e. The maximum atomic E-state index is 12.2. The monoisotopic (exact) mass is 334 g/mol. The van der Waals surface area contributed by atoms with Gasteiger partial charge in [-0.15, -0.1) is 0 Å². The average Bonchev–Trinajstić information content (AvgIpc) is 2.01. The summed E-state index contributed by atoms with van der Waals surface area (Å²) < 4.78 is 48.1. The van der Waals surface area contributed by atoms with Crippen LogP contribution < -0.4 is 0 Å². The van der Waals surface area contributed by atoms with Crippen LogP contribution in [-0.2, 0) is 17.0 Å². The normalized spacial score (nSPS) is 14.1. The van der Waals surface area contributed by atoms with Gasteiger partial charge in [0.15, 0.2) is 0 Å². The lowest BCUT2D eigenvalue weighted by Crippen LogP contribution is -2.06. The molecule has 1 unspecified atom stereocenters. The largest absolute Gasteiger partial charge is 0.416 e. The molecule has 14 heavy (non-hydrogen) atoms. The summed E-state index contributed by atoms with van der Waals surface area (Å²) in [5.74, 6) is 0. The molecule has 0 radical (unpaired) electrons. The minimum Gasteiger partial charge on any atom is -0.255 e. The summed E-state index contributed by atoms with van der Waals surface area (Å²) in [6.07, 6.45) is -2.90. The van der Waals surface area contributed by atoms with Gasteiger partial charge in [0.2, 0.25) is 0 Å². The molecule has 0 aliphatic heterocycles. The van der Waals surface area contributed by atoms with Crippen molar-refractivity contribution in [1.29, 1.82) is 0 Å². The molecule has 1 atom stereocenters. The number of benzene rings is 1. The van der Waals surface area contributed by atoms with E-state index in [1.807, 2.05) is 0 Å². The Balaban J connectivity index is 3.20. The third-order valence-electron chi connectivity index (χ3n) is 1.57. The van der Waals surface area contributed by atoms with Crippen molar-refractivity contribution in [2.75, 3.05) is 6.26 Å². The first-order valence-electron chi connectivity index (χ1n) is 3.52. The quantitative estimate of drug-likeness (QED) is 0.722. The standard InChI is InChI=1S/C8H6F3IOS/c1-14(13)7-3-2-5(4-6(7)12)8(9,10)11/h2-4H,1H3. The fraction of sp³-hybridized carbons (Fsp3) is 0.250. The summed E-state index contributed by atoms with van der Waals surface area (Å²) in [4.78, 5) is 0.429. The first-order chi connectivity index (χ1) is 6.32. The van der Waals surface area contributed by atoms with E-state index in [9.17, 15) is 17.4 Å². The number of hydrogen-bond acceptors (Lipinski definition) is 1.